The number of nitrogens with zero attached hydrogens (tertiary/aromatic N) is 1. The smallest absolute Gasteiger partial charge is 0.240 e. The van der Waals surface area contributed by atoms with E-state index in [1.54, 1.807) is 13.0 Å². The van der Waals surface area contributed by atoms with Gasteiger partial charge in [-0.15, -0.1) is 0 Å². The first kappa shape index (κ1) is 18.4. The Balaban J connectivity index is 2.92. The minimum atomic E-state index is -3.53. The van der Waals surface area contributed by atoms with Crippen LogP contribution in [0, 0.1) is 6.92 Å². The van der Waals surface area contributed by atoms with Gasteiger partial charge in [0.25, 0.3) is 0 Å². The Labute approximate surface area is 132 Å². The molecule has 5 nitrogen and oxygen atoms in total. The van der Waals surface area contributed by atoms with E-state index in [9.17, 15) is 8.42 Å². The summed E-state index contributed by atoms with van der Waals surface area (Å²) in [5, 5.41) is 3.45. The molecular formula is C14H24ClN3O2S. The highest BCUT2D eigenvalue weighted by atomic mass is 35.5. The Morgan fingerprint density at radius 3 is 2.52 bits per heavy atom. The summed E-state index contributed by atoms with van der Waals surface area (Å²) in [6, 6.07) is 3.29. The lowest BCUT2D eigenvalue weighted by Gasteiger charge is -2.14. The van der Waals surface area contributed by atoms with Gasteiger partial charge >= 0.3 is 0 Å². The Kier molecular flexibility index (Phi) is 7.09. The summed E-state index contributed by atoms with van der Waals surface area (Å²) in [5.41, 5.74) is 1.62. The lowest BCUT2D eigenvalue weighted by atomic mass is 10.1. The maximum absolute atomic E-state index is 12.4. The normalized spacial score (nSPS) is 12.1. The van der Waals surface area contributed by atoms with Crippen LogP contribution in [0.3, 0.4) is 0 Å². The number of sulfonamides is 1. The number of halogens is 1. The van der Waals surface area contributed by atoms with Crippen molar-refractivity contribution >= 4 is 21.6 Å². The molecule has 1 aromatic carbocycles. The van der Waals surface area contributed by atoms with Gasteiger partial charge in [0, 0.05) is 18.1 Å². The number of nitrogens with one attached hydrogen (secondary N) is 2. The van der Waals surface area contributed by atoms with Gasteiger partial charge in [0.2, 0.25) is 10.0 Å². The van der Waals surface area contributed by atoms with E-state index in [0.29, 0.717) is 18.1 Å². The van der Waals surface area contributed by atoms with Crippen LogP contribution in [-0.2, 0) is 16.6 Å². The van der Waals surface area contributed by atoms with E-state index in [4.69, 9.17) is 11.6 Å². The molecule has 0 aliphatic carbocycles. The first-order chi connectivity index (χ1) is 9.77. The molecule has 0 unspecified atom stereocenters. The van der Waals surface area contributed by atoms with Crippen LogP contribution in [0.4, 0.5) is 0 Å². The van der Waals surface area contributed by atoms with Gasteiger partial charge in [0.15, 0.2) is 0 Å². The molecule has 0 aromatic heterocycles. The van der Waals surface area contributed by atoms with E-state index in [1.807, 2.05) is 26.0 Å². The van der Waals surface area contributed by atoms with Crippen LogP contribution in [0.1, 0.15) is 17.5 Å². The van der Waals surface area contributed by atoms with Crippen molar-refractivity contribution in [1.29, 1.82) is 0 Å². The first-order valence-corrected chi connectivity index (χ1v) is 8.72. The van der Waals surface area contributed by atoms with Crippen molar-refractivity contribution in [2.75, 3.05) is 34.2 Å². The highest BCUT2D eigenvalue weighted by Gasteiger charge is 2.19. The Hall–Kier alpha value is -0.660. The van der Waals surface area contributed by atoms with Crippen molar-refractivity contribution in [2.45, 2.75) is 24.8 Å². The zero-order valence-electron chi connectivity index (χ0n) is 13.0. The van der Waals surface area contributed by atoms with Gasteiger partial charge < -0.3 is 10.2 Å². The molecule has 0 spiro atoms. The van der Waals surface area contributed by atoms with Crippen molar-refractivity contribution < 1.29 is 8.42 Å². The van der Waals surface area contributed by atoms with E-state index in [-0.39, 0.29) is 4.90 Å². The van der Waals surface area contributed by atoms with Crippen LogP contribution < -0.4 is 10.0 Å². The van der Waals surface area contributed by atoms with Gasteiger partial charge in [-0.05, 0) is 64.3 Å². The van der Waals surface area contributed by atoms with E-state index >= 15 is 0 Å². The highest BCUT2D eigenvalue weighted by Crippen LogP contribution is 2.24. The minimum absolute atomic E-state index is 0.255. The van der Waals surface area contributed by atoms with Crippen LogP contribution >= 0.6 is 11.6 Å². The fourth-order valence-electron chi connectivity index (χ4n) is 2.04. The molecule has 0 atom stereocenters. The van der Waals surface area contributed by atoms with E-state index < -0.39 is 10.0 Å². The minimum Gasteiger partial charge on any atom is -0.316 e. The number of hydrogen-bond donors (Lipinski definition) is 2. The number of hydrogen-bond acceptors (Lipinski definition) is 4. The average molecular weight is 334 g/mol. The molecule has 0 radical (unpaired) electrons. The van der Waals surface area contributed by atoms with Crippen molar-refractivity contribution in [3.05, 3.63) is 28.3 Å². The molecule has 7 heteroatoms. The van der Waals surface area contributed by atoms with Crippen molar-refractivity contribution in [2.24, 2.45) is 0 Å². The molecule has 1 aromatic rings. The number of benzene rings is 1. The maximum atomic E-state index is 12.4. The molecular weight excluding hydrogens is 310 g/mol. The van der Waals surface area contributed by atoms with E-state index in [2.05, 4.69) is 10.0 Å². The van der Waals surface area contributed by atoms with Crippen LogP contribution in [-0.4, -0.2) is 47.6 Å². The summed E-state index contributed by atoms with van der Waals surface area (Å²) in [5.74, 6) is 0. The highest BCUT2D eigenvalue weighted by molar-refractivity contribution is 7.89. The Bertz CT molecular complexity index is 574. The molecule has 0 saturated carbocycles. The van der Waals surface area contributed by atoms with Gasteiger partial charge in [0.1, 0.15) is 0 Å². The molecule has 0 saturated heterocycles. The summed E-state index contributed by atoms with van der Waals surface area (Å²) in [6.45, 7) is 3.63. The molecule has 0 amide bonds. The molecule has 120 valence electrons. The predicted molar refractivity (Wildman–Crippen MR) is 87.3 cm³/mol. The zero-order valence-corrected chi connectivity index (χ0v) is 14.6. The molecule has 0 bridgehead atoms. The molecule has 0 heterocycles. The molecule has 0 aliphatic heterocycles. The molecule has 0 aliphatic rings. The van der Waals surface area contributed by atoms with Gasteiger partial charge in [-0.2, -0.15) is 0 Å². The number of rotatable bonds is 8. The van der Waals surface area contributed by atoms with Gasteiger partial charge in [0.05, 0.1) is 4.90 Å². The lowest BCUT2D eigenvalue weighted by Crippen LogP contribution is -2.28. The molecule has 21 heavy (non-hydrogen) atoms. The molecule has 2 N–H and O–H groups in total. The Morgan fingerprint density at radius 1 is 1.29 bits per heavy atom. The van der Waals surface area contributed by atoms with Gasteiger partial charge in [-0.3, -0.25) is 0 Å². The fourth-order valence-corrected chi connectivity index (χ4v) is 3.73. The quantitative estimate of drug-likeness (QED) is 0.709. The molecule has 1 rings (SSSR count). The summed E-state index contributed by atoms with van der Waals surface area (Å²) in [7, 11) is 2.20. The van der Waals surface area contributed by atoms with E-state index in [1.165, 1.54) is 6.07 Å². The van der Waals surface area contributed by atoms with Gasteiger partial charge in [-0.1, -0.05) is 11.6 Å². The SMILES string of the molecule is CNCc1cc(Cl)cc(S(=O)(=O)NCCCN(C)C)c1C. The monoisotopic (exact) mass is 333 g/mol. The van der Waals surface area contributed by atoms with Crippen molar-refractivity contribution in [1.82, 2.24) is 14.9 Å². The third-order valence-corrected chi connectivity index (χ3v) is 4.97. The average Bonchev–Trinajstić information content (AvgIpc) is 2.38. The maximum Gasteiger partial charge on any atom is 0.240 e. The van der Waals surface area contributed by atoms with Crippen LogP contribution in [0.25, 0.3) is 0 Å². The standard InChI is InChI=1S/C14H24ClN3O2S/c1-11-12(10-16-2)8-13(15)9-14(11)21(19,20)17-6-5-7-18(3)4/h8-9,16-17H,5-7,10H2,1-4H3. The van der Waals surface area contributed by atoms with Crippen LogP contribution in [0.15, 0.2) is 17.0 Å². The molecule has 0 fully saturated rings. The van der Waals surface area contributed by atoms with Gasteiger partial charge in [-0.25, -0.2) is 13.1 Å². The second-order valence-electron chi connectivity index (χ2n) is 5.27. The topological polar surface area (TPSA) is 61.4 Å². The summed E-state index contributed by atoms with van der Waals surface area (Å²) in [4.78, 5) is 2.27. The largest absolute Gasteiger partial charge is 0.316 e. The zero-order chi connectivity index (χ0) is 16.0. The van der Waals surface area contributed by atoms with Crippen LogP contribution in [0.2, 0.25) is 5.02 Å². The summed E-state index contributed by atoms with van der Waals surface area (Å²) in [6.07, 6.45) is 0.759. The lowest BCUT2D eigenvalue weighted by molar-refractivity contribution is 0.400. The summed E-state index contributed by atoms with van der Waals surface area (Å²) < 4.78 is 27.4. The second kappa shape index (κ2) is 8.10. The predicted octanol–water partition coefficient (Wildman–Crippen LogP) is 1.60. The fraction of sp³-hybridized carbons (Fsp3) is 0.571. The van der Waals surface area contributed by atoms with Crippen molar-refractivity contribution in [3.63, 3.8) is 0 Å². The third-order valence-electron chi connectivity index (χ3n) is 3.16. The Morgan fingerprint density at radius 2 is 1.95 bits per heavy atom. The van der Waals surface area contributed by atoms with E-state index in [0.717, 1.165) is 24.1 Å². The van der Waals surface area contributed by atoms with Crippen molar-refractivity contribution in [3.8, 4) is 0 Å². The van der Waals surface area contributed by atoms with Crippen LogP contribution in [0.5, 0.6) is 0 Å². The second-order valence-corrected chi connectivity index (χ2v) is 7.44. The third kappa shape index (κ3) is 5.56. The summed E-state index contributed by atoms with van der Waals surface area (Å²) >= 11 is 6.04. The first-order valence-electron chi connectivity index (χ1n) is 6.86.